The Balaban J connectivity index is 1.67. The zero-order valence-electron chi connectivity index (χ0n) is 19.2. The van der Waals surface area contributed by atoms with Crippen molar-refractivity contribution in [1.82, 2.24) is 0 Å². The van der Waals surface area contributed by atoms with E-state index in [1.165, 1.54) is 0 Å². The maximum Gasteiger partial charge on any atom is 0.185 e. The number of Topliss-reactive ketones (excluding diaryl/α,β-unsaturated/α-hetero) is 1. The molecule has 0 spiro atoms. The average molecular weight is 486 g/mol. The summed E-state index contributed by atoms with van der Waals surface area (Å²) in [5.41, 5.74) is 1.62. The molecule has 4 aromatic rings. The molecule has 0 unspecified atom stereocenters. The first-order valence-electron chi connectivity index (χ1n) is 11.7. The molecule has 0 N–H and O–H groups in total. The molecule has 0 bridgehead atoms. The van der Waals surface area contributed by atoms with Crippen LogP contribution in [0.3, 0.4) is 0 Å². The maximum absolute atomic E-state index is 14.3. The van der Waals surface area contributed by atoms with E-state index < -0.39 is 23.4 Å². The number of carbonyl (C=O) groups is 1. The van der Waals surface area contributed by atoms with Gasteiger partial charge in [-0.05, 0) is 52.2 Å². The van der Waals surface area contributed by atoms with Crippen molar-refractivity contribution in [2.75, 3.05) is 4.90 Å². The SMILES string of the molecule is N#CC1(C#N)[C@@H](c2cccc3ccccc23)[C@H](C(=O)c2ccc(Cl)cc2)N2c3ccccc3C=C[C@@H]21. The number of hydrogen-bond acceptors (Lipinski definition) is 4. The van der Waals surface area contributed by atoms with Crippen LogP contribution in [0.5, 0.6) is 0 Å². The number of carbonyl (C=O) groups excluding carboxylic acids is 1. The van der Waals surface area contributed by atoms with Crippen LogP contribution < -0.4 is 4.90 Å². The molecule has 0 amide bonds. The molecule has 0 saturated carbocycles. The molecule has 6 rings (SSSR count). The number of benzene rings is 4. The third-order valence-electron chi connectivity index (χ3n) is 7.47. The zero-order valence-corrected chi connectivity index (χ0v) is 19.9. The highest BCUT2D eigenvalue weighted by atomic mass is 35.5. The number of fused-ring (bicyclic) bond motifs is 4. The second-order valence-electron chi connectivity index (χ2n) is 9.22. The highest BCUT2D eigenvalue weighted by molar-refractivity contribution is 6.30. The van der Waals surface area contributed by atoms with Gasteiger partial charge in [-0.2, -0.15) is 10.5 Å². The minimum atomic E-state index is -1.49. The molecule has 1 fully saturated rings. The van der Waals surface area contributed by atoms with Gasteiger partial charge in [-0.25, -0.2) is 0 Å². The molecule has 1 saturated heterocycles. The van der Waals surface area contributed by atoms with Crippen LogP contribution >= 0.6 is 11.6 Å². The quantitative estimate of drug-likeness (QED) is 0.300. The Bertz CT molecular complexity index is 1610. The minimum absolute atomic E-state index is 0.146. The van der Waals surface area contributed by atoms with Crippen LogP contribution in [0.15, 0.2) is 97.1 Å². The van der Waals surface area contributed by atoms with Crippen LogP contribution in [0.25, 0.3) is 16.8 Å². The van der Waals surface area contributed by atoms with Crippen molar-refractivity contribution in [3.8, 4) is 12.1 Å². The topological polar surface area (TPSA) is 67.9 Å². The van der Waals surface area contributed by atoms with E-state index in [2.05, 4.69) is 12.1 Å². The molecule has 4 nitrogen and oxygen atoms in total. The smallest absolute Gasteiger partial charge is 0.185 e. The third kappa shape index (κ3) is 3.09. The van der Waals surface area contributed by atoms with Gasteiger partial charge in [-0.3, -0.25) is 4.79 Å². The lowest BCUT2D eigenvalue weighted by atomic mass is 9.68. The van der Waals surface area contributed by atoms with Crippen molar-refractivity contribution >= 4 is 39.9 Å². The number of anilines is 1. The molecule has 2 aliphatic heterocycles. The van der Waals surface area contributed by atoms with Gasteiger partial charge in [0.1, 0.15) is 6.04 Å². The fourth-order valence-corrected chi connectivity index (χ4v) is 6.01. The lowest BCUT2D eigenvalue weighted by molar-refractivity contribution is 0.0951. The number of nitriles is 2. The highest BCUT2D eigenvalue weighted by Crippen LogP contribution is 2.56. The molecule has 0 aromatic heterocycles. The van der Waals surface area contributed by atoms with E-state index in [0.717, 1.165) is 27.6 Å². The molecular weight excluding hydrogens is 466 g/mol. The molecular formula is C31H20ClN3O. The molecule has 2 heterocycles. The summed E-state index contributed by atoms with van der Waals surface area (Å²) in [4.78, 5) is 16.3. The summed E-state index contributed by atoms with van der Waals surface area (Å²) in [6.07, 6.45) is 3.86. The van der Waals surface area contributed by atoms with Crippen molar-refractivity contribution in [2.45, 2.75) is 18.0 Å². The zero-order chi connectivity index (χ0) is 24.9. The van der Waals surface area contributed by atoms with Crippen molar-refractivity contribution in [1.29, 1.82) is 10.5 Å². The normalized spacial score (nSPS) is 21.3. The predicted octanol–water partition coefficient (Wildman–Crippen LogP) is 6.78. The van der Waals surface area contributed by atoms with Crippen molar-refractivity contribution in [3.05, 3.63) is 119 Å². The number of nitrogens with zero attached hydrogens (tertiary/aromatic N) is 3. The standard InChI is InChI=1S/C31H20ClN3O/c32-23-15-12-22(13-16-23)30(36)29-28(25-10-5-8-20-6-1-3-9-24(20)25)31(18-33,19-34)27-17-14-21-7-2-4-11-26(21)35(27)29/h1-17,27-29H/t27-,28+,29-/m1/s1. The van der Waals surface area contributed by atoms with Gasteiger partial charge < -0.3 is 4.90 Å². The van der Waals surface area contributed by atoms with Gasteiger partial charge in [0.25, 0.3) is 0 Å². The average Bonchev–Trinajstić information content (AvgIpc) is 3.23. The van der Waals surface area contributed by atoms with Crippen molar-refractivity contribution < 1.29 is 4.79 Å². The fourth-order valence-electron chi connectivity index (χ4n) is 5.88. The van der Waals surface area contributed by atoms with Gasteiger partial charge in [0.05, 0.1) is 18.2 Å². The Morgan fingerprint density at radius 1 is 0.861 bits per heavy atom. The van der Waals surface area contributed by atoms with E-state index >= 15 is 0 Å². The van der Waals surface area contributed by atoms with E-state index in [1.54, 1.807) is 24.3 Å². The third-order valence-corrected chi connectivity index (χ3v) is 7.72. The number of ketones is 1. The lowest BCUT2D eigenvalue weighted by Crippen LogP contribution is -2.44. The molecule has 4 aromatic carbocycles. The second-order valence-corrected chi connectivity index (χ2v) is 9.66. The summed E-state index contributed by atoms with van der Waals surface area (Å²) in [7, 11) is 0. The number of rotatable bonds is 3. The van der Waals surface area contributed by atoms with Crippen LogP contribution in [0.4, 0.5) is 5.69 Å². The number of para-hydroxylation sites is 1. The second kappa shape index (κ2) is 8.38. The van der Waals surface area contributed by atoms with Gasteiger partial charge in [0, 0.05) is 22.2 Å². The Morgan fingerprint density at radius 2 is 1.56 bits per heavy atom. The van der Waals surface area contributed by atoms with E-state index in [4.69, 9.17) is 11.6 Å². The summed E-state index contributed by atoms with van der Waals surface area (Å²) >= 11 is 6.12. The molecule has 36 heavy (non-hydrogen) atoms. The first kappa shape index (κ1) is 22.1. The summed E-state index contributed by atoms with van der Waals surface area (Å²) in [5, 5.41) is 23.8. The number of hydrogen-bond donors (Lipinski definition) is 0. The Labute approximate surface area is 214 Å². The van der Waals surface area contributed by atoms with E-state index in [0.29, 0.717) is 10.6 Å². The lowest BCUT2D eigenvalue weighted by Gasteiger charge is -2.35. The van der Waals surface area contributed by atoms with Crippen molar-refractivity contribution in [2.24, 2.45) is 5.41 Å². The van der Waals surface area contributed by atoms with E-state index in [1.807, 2.05) is 83.8 Å². The van der Waals surface area contributed by atoms with Gasteiger partial charge in [0.2, 0.25) is 0 Å². The molecule has 2 aliphatic rings. The van der Waals surface area contributed by atoms with Crippen LogP contribution in [0.2, 0.25) is 5.02 Å². The van der Waals surface area contributed by atoms with Gasteiger partial charge >= 0.3 is 0 Å². The highest BCUT2D eigenvalue weighted by Gasteiger charge is 2.63. The van der Waals surface area contributed by atoms with Crippen LogP contribution in [-0.2, 0) is 0 Å². The van der Waals surface area contributed by atoms with E-state index in [-0.39, 0.29) is 5.78 Å². The molecule has 0 aliphatic carbocycles. The monoisotopic (exact) mass is 485 g/mol. The van der Waals surface area contributed by atoms with E-state index in [9.17, 15) is 15.3 Å². The Morgan fingerprint density at radius 3 is 2.33 bits per heavy atom. The van der Waals surface area contributed by atoms with Crippen molar-refractivity contribution in [3.63, 3.8) is 0 Å². The van der Waals surface area contributed by atoms with Gasteiger partial charge in [-0.15, -0.1) is 0 Å². The Hall–Kier alpha value is -4.38. The minimum Gasteiger partial charge on any atom is -0.351 e. The largest absolute Gasteiger partial charge is 0.351 e. The summed E-state index contributed by atoms with van der Waals surface area (Å²) in [5.74, 6) is -0.838. The van der Waals surface area contributed by atoms with Crippen LogP contribution in [-0.4, -0.2) is 17.9 Å². The van der Waals surface area contributed by atoms with Gasteiger partial charge in [0.15, 0.2) is 11.2 Å². The molecule has 3 atom stereocenters. The first-order valence-corrected chi connectivity index (χ1v) is 12.1. The first-order chi connectivity index (χ1) is 17.6. The van der Waals surface area contributed by atoms with Crippen LogP contribution in [0, 0.1) is 28.1 Å². The summed E-state index contributed by atoms with van der Waals surface area (Å²) in [6, 6.07) is 31.8. The molecule has 5 heteroatoms. The summed E-state index contributed by atoms with van der Waals surface area (Å²) in [6.45, 7) is 0. The fraction of sp³-hybridized carbons (Fsp3) is 0.129. The van der Waals surface area contributed by atoms with Crippen LogP contribution in [0.1, 0.15) is 27.4 Å². The van der Waals surface area contributed by atoms with Gasteiger partial charge in [-0.1, -0.05) is 84.4 Å². The molecule has 0 radical (unpaired) electrons. The number of halogens is 1. The maximum atomic E-state index is 14.3. The molecule has 172 valence electrons. The summed E-state index contributed by atoms with van der Waals surface area (Å²) < 4.78 is 0. The Kier molecular flexibility index (Phi) is 5.15. The predicted molar refractivity (Wildman–Crippen MR) is 142 cm³/mol.